The van der Waals surface area contributed by atoms with Crippen molar-refractivity contribution in [2.75, 3.05) is 19.7 Å². The molecule has 7 heteroatoms. The summed E-state index contributed by atoms with van der Waals surface area (Å²) < 4.78 is 5.65. The molecule has 23 heavy (non-hydrogen) atoms. The molecule has 0 saturated heterocycles. The molecule has 2 aromatic rings. The molecular weight excluding hydrogens is 423 g/mol. The zero-order valence-corrected chi connectivity index (χ0v) is 16.6. The minimum absolute atomic E-state index is 0. The van der Waals surface area contributed by atoms with E-state index < -0.39 is 0 Å². The molecule has 1 heterocycles. The Morgan fingerprint density at radius 1 is 1.26 bits per heavy atom. The predicted molar refractivity (Wildman–Crippen MR) is 107 cm³/mol. The van der Waals surface area contributed by atoms with E-state index in [1.54, 1.807) is 11.3 Å². The largest absolute Gasteiger partial charge is 0.492 e. The van der Waals surface area contributed by atoms with Crippen LogP contribution in [0.5, 0.6) is 5.75 Å². The van der Waals surface area contributed by atoms with Crippen LogP contribution in [0.3, 0.4) is 0 Å². The molecule has 1 aromatic heterocycles. The van der Waals surface area contributed by atoms with Crippen LogP contribution in [0.25, 0.3) is 0 Å². The lowest BCUT2D eigenvalue weighted by Gasteiger charge is -2.11. The van der Waals surface area contributed by atoms with Crippen molar-refractivity contribution in [3.8, 4) is 5.75 Å². The number of hydrogen-bond donors (Lipinski definition) is 2. The highest BCUT2D eigenvalue weighted by Gasteiger charge is 2.00. The highest BCUT2D eigenvalue weighted by Crippen LogP contribution is 2.11. The second kappa shape index (κ2) is 11.2. The number of nitrogens with one attached hydrogen (secondary N) is 2. The standard InChI is InChI=1S/C16H22N4OS.HI/c1-3-17-16(20-12-15-19-11-13(2)22-15)18-9-10-21-14-7-5-4-6-8-14;/h4-8,11H,3,9-10,12H2,1-2H3,(H2,17,18,20);1H. The van der Waals surface area contributed by atoms with Crippen LogP contribution in [-0.4, -0.2) is 30.6 Å². The van der Waals surface area contributed by atoms with Crippen LogP contribution >= 0.6 is 35.3 Å². The number of aryl methyl sites for hydroxylation is 1. The molecule has 0 amide bonds. The van der Waals surface area contributed by atoms with E-state index in [0.29, 0.717) is 19.7 Å². The van der Waals surface area contributed by atoms with Gasteiger partial charge < -0.3 is 15.4 Å². The average Bonchev–Trinajstić information content (AvgIpc) is 2.95. The fourth-order valence-electron chi connectivity index (χ4n) is 1.82. The molecule has 0 aliphatic carbocycles. The summed E-state index contributed by atoms with van der Waals surface area (Å²) in [5.74, 6) is 1.66. The summed E-state index contributed by atoms with van der Waals surface area (Å²) in [6, 6.07) is 9.80. The summed E-state index contributed by atoms with van der Waals surface area (Å²) in [5, 5.41) is 7.50. The van der Waals surface area contributed by atoms with Crippen LogP contribution < -0.4 is 15.4 Å². The van der Waals surface area contributed by atoms with Crippen molar-refractivity contribution in [3.63, 3.8) is 0 Å². The first-order valence-corrected chi connectivity index (χ1v) is 8.21. The van der Waals surface area contributed by atoms with Crippen LogP contribution in [0.2, 0.25) is 0 Å². The molecule has 2 rings (SSSR count). The molecule has 0 aliphatic heterocycles. The van der Waals surface area contributed by atoms with Crippen LogP contribution in [-0.2, 0) is 6.54 Å². The van der Waals surface area contributed by atoms with Crippen molar-refractivity contribution in [2.24, 2.45) is 4.99 Å². The summed E-state index contributed by atoms with van der Waals surface area (Å²) in [7, 11) is 0. The molecule has 0 aliphatic rings. The van der Waals surface area contributed by atoms with Crippen LogP contribution in [0.1, 0.15) is 16.8 Å². The normalized spacial score (nSPS) is 10.8. The van der Waals surface area contributed by atoms with Crippen molar-refractivity contribution in [3.05, 3.63) is 46.4 Å². The fourth-order valence-corrected chi connectivity index (χ4v) is 2.53. The van der Waals surface area contributed by atoms with Gasteiger partial charge in [0, 0.05) is 17.6 Å². The molecule has 1 aromatic carbocycles. The first-order valence-electron chi connectivity index (χ1n) is 7.39. The molecule has 0 saturated carbocycles. The Balaban J connectivity index is 0.00000264. The third kappa shape index (κ3) is 7.65. The minimum atomic E-state index is 0. The van der Waals surface area contributed by atoms with Gasteiger partial charge in [0.25, 0.3) is 0 Å². The molecule has 2 N–H and O–H groups in total. The monoisotopic (exact) mass is 446 g/mol. The lowest BCUT2D eigenvalue weighted by molar-refractivity contribution is 0.322. The van der Waals surface area contributed by atoms with Gasteiger partial charge in [0.05, 0.1) is 13.1 Å². The van der Waals surface area contributed by atoms with Gasteiger partial charge in [0.2, 0.25) is 0 Å². The molecule has 0 spiro atoms. The van der Waals surface area contributed by atoms with Gasteiger partial charge in [-0.25, -0.2) is 9.98 Å². The fraction of sp³-hybridized carbons (Fsp3) is 0.375. The Bertz CT molecular complexity index is 589. The maximum absolute atomic E-state index is 5.65. The topological polar surface area (TPSA) is 58.5 Å². The Labute approximate surface area is 158 Å². The molecule has 0 bridgehead atoms. The van der Waals surface area contributed by atoms with Gasteiger partial charge in [-0.15, -0.1) is 35.3 Å². The quantitative estimate of drug-likeness (QED) is 0.297. The molecule has 0 unspecified atom stereocenters. The zero-order valence-electron chi connectivity index (χ0n) is 13.4. The zero-order chi connectivity index (χ0) is 15.6. The van der Waals surface area contributed by atoms with Crippen LogP contribution in [0.4, 0.5) is 0 Å². The van der Waals surface area contributed by atoms with E-state index >= 15 is 0 Å². The first-order chi connectivity index (χ1) is 10.8. The second-order valence-electron chi connectivity index (χ2n) is 4.65. The molecule has 126 valence electrons. The summed E-state index contributed by atoms with van der Waals surface area (Å²) in [6.45, 7) is 6.79. The maximum atomic E-state index is 5.65. The van der Waals surface area contributed by atoms with Gasteiger partial charge in [0.15, 0.2) is 5.96 Å². The lowest BCUT2D eigenvalue weighted by atomic mass is 10.3. The van der Waals surface area contributed by atoms with Crippen molar-refractivity contribution in [1.82, 2.24) is 15.6 Å². The predicted octanol–water partition coefficient (Wildman–Crippen LogP) is 3.20. The average molecular weight is 446 g/mol. The van der Waals surface area contributed by atoms with Gasteiger partial charge in [-0.2, -0.15) is 0 Å². The smallest absolute Gasteiger partial charge is 0.191 e. The number of aromatic nitrogens is 1. The maximum Gasteiger partial charge on any atom is 0.191 e. The Morgan fingerprint density at radius 3 is 2.70 bits per heavy atom. The highest BCUT2D eigenvalue weighted by molar-refractivity contribution is 14.0. The molecule has 0 atom stereocenters. The Hall–Kier alpha value is -1.35. The van der Waals surface area contributed by atoms with Crippen LogP contribution in [0, 0.1) is 6.92 Å². The van der Waals surface area contributed by atoms with Gasteiger partial charge >= 0.3 is 0 Å². The number of hydrogen-bond acceptors (Lipinski definition) is 4. The van der Waals surface area contributed by atoms with E-state index in [9.17, 15) is 0 Å². The summed E-state index contributed by atoms with van der Waals surface area (Å²) >= 11 is 1.67. The van der Waals surface area contributed by atoms with Crippen molar-refractivity contribution in [1.29, 1.82) is 0 Å². The third-order valence-corrected chi connectivity index (χ3v) is 3.69. The molecule has 0 radical (unpaired) electrons. The van der Waals surface area contributed by atoms with Crippen molar-refractivity contribution < 1.29 is 4.74 Å². The van der Waals surface area contributed by atoms with Gasteiger partial charge in [-0.1, -0.05) is 18.2 Å². The number of benzene rings is 1. The highest BCUT2D eigenvalue weighted by atomic mass is 127. The number of ether oxygens (including phenoxy) is 1. The van der Waals surface area contributed by atoms with E-state index in [0.717, 1.165) is 23.3 Å². The van der Waals surface area contributed by atoms with E-state index in [-0.39, 0.29) is 24.0 Å². The number of guanidine groups is 1. The minimum Gasteiger partial charge on any atom is -0.492 e. The van der Waals surface area contributed by atoms with Gasteiger partial charge in [-0.3, -0.25) is 0 Å². The summed E-state index contributed by atoms with van der Waals surface area (Å²) in [6.07, 6.45) is 1.88. The number of aliphatic imine (C=N–C) groups is 1. The van der Waals surface area contributed by atoms with Gasteiger partial charge in [0.1, 0.15) is 17.4 Å². The number of rotatable bonds is 7. The summed E-state index contributed by atoms with van der Waals surface area (Å²) in [5.41, 5.74) is 0. The molecule has 5 nitrogen and oxygen atoms in total. The van der Waals surface area contributed by atoms with Crippen LogP contribution in [0.15, 0.2) is 41.5 Å². The number of nitrogens with zero attached hydrogens (tertiary/aromatic N) is 2. The number of thiazole rings is 1. The Morgan fingerprint density at radius 2 is 2.04 bits per heavy atom. The SMILES string of the molecule is CCNC(=NCc1ncc(C)s1)NCCOc1ccccc1.I. The van der Waals surface area contributed by atoms with E-state index in [2.05, 4.69) is 27.5 Å². The summed E-state index contributed by atoms with van der Waals surface area (Å²) in [4.78, 5) is 10.1. The lowest BCUT2D eigenvalue weighted by Crippen LogP contribution is -2.39. The van der Waals surface area contributed by atoms with Gasteiger partial charge in [-0.05, 0) is 26.0 Å². The third-order valence-electron chi connectivity index (χ3n) is 2.79. The van der Waals surface area contributed by atoms with E-state index in [1.165, 1.54) is 4.88 Å². The molecule has 0 fully saturated rings. The molecular formula is C16H23IN4OS. The number of halogens is 1. The Kier molecular flexibility index (Phi) is 9.61. The van der Waals surface area contributed by atoms with Crippen molar-refractivity contribution in [2.45, 2.75) is 20.4 Å². The second-order valence-corrected chi connectivity index (χ2v) is 5.97. The number of para-hydroxylation sites is 1. The van der Waals surface area contributed by atoms with Crippen molar-refractivity contribution >= 4 is 41.3 Å². The first kappa shape index (κ1) is 19.7. The van der Waals surface area contributed by atoms with E-state index in [4.69, 9.17) is 4.74 Å². The van der Waals surface area contributed by atoms with E-state index in [1.807, 2.05) is 43.5 Å².